The molecule has 0 radical (unpaired) electrons. The van der Waals surface area contributed by atoms with E-state index in [4.69, 9.17) is 21.8 Å². The second kappa shape index (κ2) is 7.06. The van der Waals surface area contributed by atoms with Crippen LogP contribution in [0, 0.1) is 13.8 Å². The maximum atomic E-state index is 11.9. The van der Waals surface area contributed by atoms with Gasteiger partial charge in [-0.15, -0.1) is 0 Å². The first-order chi connectivity index (χ1) is 13.6. The predicted molar refractivity (Wildman–Crippen MR) is 117 cm³/mol. The molecule has 1 fully saturated rings. The number of thioether (sulfide) groups is 1. The van der Waals surface area contributed by atoms with Gasteiger partial charge in [0.1, 0.15) is 15.7 Å². The number of fused-ring (bicyclic) bond motifs is 1. The topological polar surface area (TPSA) is 115 Å². The first-order valence-electron chi connectivity index (χ1n) is 8.41. The largest absolute Gasteiger partial charge is 0.456 e. The van der Waals surface area contributed by atoms with Crippen molar-refractivity contribution in [3.8, 4) is 11.1 Å². The molecule has 148 valence electrons. The Balaban J connectivity index is 1.85. The fourth-order valence-corrected chi connectivity index (χ4v) is 5.05. The molecule has 0 saturated carbocycles. The summed E-state index contributed by atoms with van der Waals surface area (Å²) >= 11 is 6.17. The van der Waals surface area contributed by atoms with E-state index in [9.17, 15) is 13.2 Å². The lowest BCUT2D eigenvalue weighted by Gasteiger charge is -2.12. The van der Waals surface area contributed by atoms with Crippen molar-refractivity contribution in [1.29, 1.82) is 0 Å². The number of rotatable bonds is 3. The molecular formula is C19H15N3O4S3. The third kappa shape index (κ3) is 3.60. The van der Waals surface area contributed by atoms with E-state index in [0.29, 0.717) is 31.7 Å². The number of carbonyl (C=O) groups is 1. The second-order valence-electron chi connectivity index (χ2n) is 6.51. The van der Waals surface area contributed by atoms with Crippen LogP contribution in [-0.4, -0.2) is 23.6 Å². The minimum Gasteiger partial charge on any atom is -0.456 e. The zero-order chi connectivity index (χ0) is 20.9. The van der Waals surface area contributed by atoms with Crippen LogP contribution in [0.3, 0.4) is 0 Å². The summed E-state index contributed by atoms with van der Waals surface area (Å²) in [5, 5.41) is 8.62. The molecule has 0 unspecified atom stereocenters. The summed E-state index contributed by atoms with van der Waals surface area (Å²) in [6.45, 7) is 3.54. The molecule has 3 heterocycles. The molecule has 1 aliphatic rings. The maximum Gasteiger partial charge on any atom is 0.263 e. The van der Waals surface area contributed by atoms with Crippen LogP contribution >= 0.6 is 24.0 Å². The van der Waals surface area contributed by atoms with Crippen molar-refractivity contribution < 1.29 is 17.6 Å². The van der Waals surface area contributed by atoms with Crippen LogP contribution in [0.1, 0.15) is 16.9 Å². The first kappa shape index (κ1) is 19.8. The van der Waals surface area contributed by atoms with Crippen molar-refractivity contribution in [3.63, 3.8) is 0 Å². The molecule has 3 N–H and O–H groups in total. The number of furan rings is 1. The van der Waals surface area contributed by atoms with Gasteiger partial charge in [0.05, 0.1) is 9.80 Å². The second-order valence-corrected chi connectivity index (χ2v) is 9.76. The minimum atomic E-state index is -3.81. The van der Waals surface area contributed by atoms with Crippen LogP contribution in [0.15, 0.2) is 44.8 Å². The quantitative estimate of drug-likeness (QED) is 0.470. The van der Waals surface area contributed by atoms with E-state index in [1.807, 2.05) is 6.92 Å². The highest BCUT2D eigenvalue weighted by molar-refractivity contribution is 8.26. The average molecular weight is 446 g/mol. The van der Waals surface area contributed by atoms with Crippen LogP contribution in [0.2, 0.25) is 0 Å². The van der Waals surface area contributed by atoms with Crippen molar-refractivity contribution in [2.24, 2.45) is 5.14 Å². The molecule has 4 rings (SSSR count). The Labute approximate surface area is 176 Å². The number of hydrogen-bond donors (Lipinski definition) is 2. The highest BCUT2D eigenvalue weighted by Gasteiger charge is 2.23. The van der Waals surface area contributed by atoms with Gasteiger partial charge in [-0.3, -0.25) is 9.78 Å². The normalized spacial score (nSPS) is 16.0. The zero-order valence-electron chi connectivity index (χ0n) is 15.3. The van der Waals surface area contributed by atoms with Crippen molar-refractivity contribution in [3.05, 3.63) is 52.4 Å². The van der Waals surface area contributed by atoms with Crippen LogP contribution in [0.5, 0.6) is 0 Å². The summed E-state index contributed by atoms with van der Waals surface area (Å²) in [6.07, 6.45) is 4.95. The molecule has 1 aromatic carbocycles. The van der Waals surface area contributed by atoms with Crippen LogP contribution in [-0.2, 0) is 14.8 Å². The lowest BCUT2D eigenvalue weighted by Crippen LogP contribution is -2.17. The van der Waals surface area contributed by atoms with Gasteiger partial charge in [0.25, 0.3) is 5.91 Å². The Hall–Kier alpha value is -2.53. The van der Waals surface area contributed by atoms with E-state index in [1.165, 1.54) is 17.8 Å². The predicted octanol–water partition coefficient (Wildman–Crippen LogP) is 3.25. The van der Waals surface area contributed by atoms with Crippen molar-refractivity contribution in [1.82, 2.24) is 10.3 Å². The zero-order valence-corrected chi connectivity index (χ0v) is 17.8. The van der Waals surface area contributed by atoms with Gasteiger partial charge in [0.15, 0.2) is 0 Å². The van der Waals surface area contributed by atoms with E-state index in [1.54, 1.807) is 37.5 Å². The number of sulfonamides is 1. The molecule has 0 spiro atoms. The number of nitrogens with two attached hydrogens (primary N) is 1. The Morgan fingerprint density at radius 1 is 1.21 bits per heavy atom. The third-order valence-electron chi connectivity index (χ3n) is 4.69. The van der Waals surface area contributed by atoms with E-state index >= 15 is 0 Å². The van der Waals surface area contributed by atoms with E-state index in [2.05, 4.69) is 10.3 Å². The van der Waals surface area contributed by atoms with Crippen molar-refractivity contribution >= 4 is 61.3 Å². The fourth-order valence-electron chi connectivity index (χ4n) is 3.19. The van der Waals surface area contributed by atoms with Crippen LogP contribution in [0.4, 0.5) is 0 Å². The number of benzene rings is 1. The highest BCUT2D eigenvalue weighted by atomic mass is 32.2. The minimum absolute atomic E-state index is 0.0870. The van der Waals surface area contributed by atoms with E-state index in [0.717, 1.165) is 16.5 Å². The molecule has 10 heteroatoms. The molecule has 1 amide bonds. The highest BCUT2D eigenvalue weighted by Crippen LogP contribution is 2.36. The summed E-state index contributed by atoms with van der Waals surface area (Å²) in [7, 11) is -3.81. The molecule has 0 bridgehead atoms. The number of carbonyl (C=O) groups excluding carboxylic acids is 1. The van der Waals surface area contributed by atoms with Crippen LogP contribution in [0.25, 0.3) is 28.2 Å². The van der Waals surface area contributed by atoms with Crippen molar-refractivity contribution in [2.75, 3.05) is 0 Å². The number of hydrogen-bond acceptors (Lipinski definition) is 7. The molecule has 3 aromatic rings. The summed E-state index contributed by atoms with van der Waals surface area (Å²) in [5.74, 6) is 0.232. The molecule has 1 aliphatic heterocycles. The number of nitrogens with zero attached hydrogens (tertiary/aromatic N) is 1. The SMILES string of the molecule is Cc1c(-c2cncc3cc(C=C4SC(=S)NC4=O)oc23)ccc(S(N)(=O)=O)c1C. The van der Waals surface area contributed by atoms with E-state index in [-0.39, 0.29) is 10.8 Å². The van der Waals surface area contributed by atoms with E-state index < -0.39 is 10.0 Å². The number of aromatic nitrogens is 1. The van der Waals surface area contributed by atoms with Gasteiger partial charge in [-0.2, -0.15) is 0 Å². The first-order valence-corrected chi connectivity index (χ1v) is 11.2. The number of nitrogens with one attached hydrogen (secondary N) is 1. The Kier molecular flexibility index (Phi) is 4.82. The lowest BCUT2D eigenvalue weighted by atomic mass is 9.97. The number of amides is 1. The Morgan fingerprint density at radius 2 is 1.97 bits per heavy atom. The molecular weight excluding hydrogens is 430 g/mol. The van der Waals surface area contributed by atoms with Crippen molar-refractivity contribution in [2.45, 2.75) is 18.7 Å². The van der Waals surface area contributed by atoms with Gasteiger partial charge in [-0.25, -0.2) is 13.6 Å². The molecule has 1 saturated heterocycles. The van der Waals surface area contributed by atoms with Gasteiger partial charge in [-0.1, -0.05) is 30.0 Å². The van der Waals surface area contributed by atoms with Gasteiger partial charge in [0.2, 0.25) is 10.0 Å². The monoisotopic (exact) mass is 445 g/mol. The number of primary sulfonamides is 1. The van der Waals surface area contributed by atoms with Gasteiger partial charge in [-0.05, 0) is 42.7 Å². The summed E-state index contributed by atoms with van der Waals surface area (Å²) < 4.78 is 30.0. The third-order valence-corrected chi connectivity index (χ3v) is 6.91. The Bertz CT molecular complexity index is 1340. The van der Waals surface area contributed by atoms with Gasteiger partial charge >= 0.3 is 0 Å². The number of pyridine rings is 1. The van der Waals surface area contributed by atoms with Gasteiger partial charge in [0, 0.05) is 29.4 Å². The molecule has 2 aromatic heterocycles. The number of thiocarbonyl (C=S) groups is 1. The average Bonchev–Trinajstić information content (AvgIpc) is 3.18. The summed E-state index contributed by atoms with van der Waals surface area (Å²) in [4.78, 5) is 16.7. The smallest absolute Gasteiger partial charge is 0.263 e. The Morgan fingerprint density at radius 3 is 2.62 bits per heavy atom. The standard InChI is InChI=1S/C19H15N3O4S3/c1-9-10(2)16(29(20,24)25)4-3-13(9)14-8-21-7-11-5-12(26-17(11)14)6-15-18(23)22-19(27)28-15/h3-8H,1-2H3,(H2,20,24,25)(H,22,23,27). The lowest BCUT2D eigenvalue weighted by molar-refractivity contribution is -0.115. The molecule has 0 aliphatic carbocycles. The summed E-state index contributed by atoms with van der Waals surface area (Å²) in [5.41, 5.74) is 3.42. The van der Waals surface area contributed by atoms with Crippen LogP contribution < -0.4 is 10.5 Å². The fraction of sp³-hybridized carbons (Fsp3) is 0.105. The molecule has 7 nitrogen and oxygen atoms in total. The maximum absolute atomic E-state index is 11.9. The van der Waals surface area contributed by atoms with Gasteiger partial charge < -0.3 is 9.73 Å². The molecule has 29 heavy (non-hydrogen) atoms. The molecule has 0 atom stereocenters. The summed E-state index contributed by atoms with van der Waals surface area (Å²) in [6, 6.07) is 4.96.